The molecule has 2 rings (SSSR count). The van der Waals surface area contributed by atoms with Crippen LogP contribution in [0.1, 0.15) is 24.5 Å². The molecule has 0 aliphatic carbocycles. The molecule has 0 aromatic heterocycles. The Hall–Kier alpha value is -1.42. The van der Waals surface area contributed by atoms with Gasteiger partial charge in [0, 0.05) is 39.1 Å². The molecule has 0 bridgehead atoms. The Morgan fingerprint density at radius 1 is 1.11 bits per heavy atom. The van der Waals surface area contributed by atoms with Gasteiger partial charge in [0.25, 0.3) is 0 Å². The summed E-state index contributed by atoms with van der Waals surface area (Å²) in [6.45, 7) is 5.83. The minimum Gasteiger partial charge on any atom is -0.340 e. The van der Waals surface area contributed by atoms with Gasteiger partial charge >= 0.3 is 0 Å². The molecule has 4 heteroatoms. The van der Waals surface area contributed by atoms with Gasteiger partial charge in [0.1, 0.15) is 6.67 Å². The van der Waals surface area contributed by atoms with Crippen LogP contribution in [0.15, 0.2) is 24.3 Å². The third-order valence-electron chi connectivity index (χ3n) is 3.61. The van der Waals surface area contributed by atoms with Crippen LogP contribution in [0.2, 0.25) is 0 Å². The van der Waals surface area contributed by atoms with Gasteiger partial charge < -0.3 is 4.90 Å². The van der Waals surface area contributed by atoms with E-state index in [-0.39, 0.29) is 5.91 Å². The van der Waals surface area contributed by atoms with E-state index in [1.54, 1.807) is 0 Å². The average molecular weight is 264 g/mol. The van der Waals surface area contributed by atoms with Crippen LogP contribution in [0.5, 0.6) is 0 Å². The van der Waals surface area contributed by atoms with Crippen LogP contribution < -0.4 is 0 Å². The van der Waals surface area contributed by atoms with E-state index >= 15 is 0 Å². The Balaban J connectivity index is 1.83. The van der Waals surface area contributed by atoms with Crippen LogP contribution in [0.3, 0.4) is 0 Å². The Bertz CT molecular complexity index is 411. The second-order valence-electron chi connectivity index (χ2n) is 4.96. The first-order valence-corrected chi connectivity index (χ1v) is 6.87. The van der Waals surface area contributed by atoms with E-state index in [1.807, 2.05) is 36.1 Å². The number of hydrogen-bond acceptors (Lipinski definition) is 2. The summed E-state index contributed by atoms with van der Waals surface area (Å²) in [5.74, 6) is 0.243. The number of benzene rings is 1. The van der Waals surface area contributed by atoms with E-state index in [0.717, 1.165) is 38.3 Å². The van der Waals surface area contributed by atoms with Crippen molar-refractivity contribution in [2.45, 2.75) is 26.6 Å². The topological polar surface area (TPSA) is 23.6 Å². The van der Waals surface area contributed by atoms with Gasteiger partial charge in [-0.25, -0.2) is 4.39 Å². The molecule has 0 atom stereocenters. The maximum Gasteiger partial charge on any atom is 0.222 e. The maximum atomic E-state index is 12.4. The number of hydrogen-bond donors (Lipinski definition) is 0. The number of rotatable bonds is 4. The molecule has 1 aliphatic heterocycles. The molecule has 104 valence electrons. The van der Waals surface area contributed by atoms with E-state index in [0.29, 0.717) is 6.42 Å². The summed E-state index contributed by atoms with van der Waals surface area (Å²) in [5, 5.41) is 0. The summed E-state index contributed by atoms with van der Waals surface area (Å²) in [5.41, 5.74) is 1.93. The smallest absolute Gasteiger partial charge is 0.222 e. The van der Waals surface area contributed by atoms with Crippen LogP contribution in [0.4, 0.5) is 4.39 Å². The molecule has 1 amide bonds. The standard InChI is InChI=1S/C15H21FN2O/c1-2-15(19)18-9-7-17(8-10-18)12-14-5-3-13(11-16)4-6-14/h3-6H,2,7-12H2,1H3. The Morgan fingerprint density at radius 3 is 2.21 bits per heavy atom. The Kier molecular flexibility index (Phi) is 4.91. The van der Waals surface area contributed by atoms with Gasteiger partial charge in [-0.3, -0.25) is 9.69 Å². The molecule has 1 fully saturated rings. The summed E-state index contributed by atoms with van der Waals surface area (Å²) in [4.78, 5) is 15.8. The van der Waals surface area contributed by atoms with Gasteiger partial charge in [-0.15, -0.1) is 0 Å². The van der Waals surface area contributed by atoms with Crippen molar-refractivity contribution >= 4 is 5.91 Å². The van der Waals surface area contributed by atoms with Gasteiger partial charge in [0.15, 0.2) is 0 Å². The summed E-state index contributed by atoms with van der Waals surface area (Å²) >= 11 is 0. The fourth-order valence-electron chi connectivity index (χ4n) is 2.37. The summed E-state index contributed by atoms with van der Waals surface area (Å²) in [6.07, 6.45) is 0.588. The number of nitrogens with zero attached hydrogens (tertiary/aromatic N) is 2. The van der Waals surface area contributed by atoms with Crippen LogP contribution >= 0.6 is 0 Å². The van der Waals surface area contributed by atoms with E-state index in [4.69, 9.17) is 0 Å². The predicted octanol–water partition coefficient (Wildman–Crippen LogP) is 2.21. The predicted molar refractivity (Wildman–Crippen MR) is 73.4 cm³/mol. The number of amides is 1. The highest BCUT2D eigenvalue weighted by Crippen LogP contribution is 2.11. The van der Waals surface area contributed by atoms with E-state index in [2.05, 4.69) is 4.90 Å². The first-order valence-electron chi connectivity index (χ1n) is 6.87. The zero-order chi connectivity index (χ0) is 13.7. The molecule has 0 N–H and O–H groups in total. The van der Waals surface area contributed by atoms with Crippen molar-refractivity contribution < 1.29 is 9.18 Å². The van der Waals surface area contributed by atoms with Crippen molar-refractivity contribution in [3.8, 4) is 0 Å². The maximum absolute atomic E-state index is 12.4. The lowest BCUT2D eigenvalue weighted by molar-refractivity contribution is -0.132. The highest BCUT2D eigenvalue weighted by Gasteiger charge is 2.19. The van der Waals surface area contributed by atoms with Crippen molar-refractivity contribution in [1.82, 2.24) is 9.80 Å². The average Bonchev–Trinajstić information content (AvgIpc) is 2.48. The molecule has 0 radical (unpaired) electrons. The first kappa shape index (κ1) is 14.0. The van der Waals surface area contributed by atoms with Crippen molar-refractivity contribution in [2.24, 2.45) is 0 Å². The Morgan fingerprint density at radius 2 is 1.68 bits per heavy atom. The van der Waals surface area contributed by atoms with Crippen molar-refractivity contribution in [2.75, 3.05) is 26.2 Å². The number of piperazine rings is 1. The van der Waals surface area contributed by atoms with E-state index in [1.165, 1.54) is 5.56 Å². The van der Waals surface area contributed by atoms with Gasteiger partial charge in [0.05, 0.1) is 0 Å². The quantitative estimate of drug-likeness (QED) is 0.832. The molecule has 0 spiro atoms. The highest BCUT2D eigenvalue weighted by molar-refractivity contribution is 5.75. The van der Waals surface area contributed by atoms with Crippen LogP contribution in [0, 0.1) is 0 Å². The molecule has 1 heterocycles. The molecule has 3 nitrogen and oxygen atoms in total. The molecule has 1 saturated heterocycles. The number of carbonyl (C=O) groups is 1. The second kappa shape index (κ2) is 6.66. The molecule has 0 saturated carbocycles. The third kappa shape index (κ3) is 3.77. The Labute approximate surface area is 114 Å². The zero-order valence-corrected chi connectivity index (χ0v) is 11.4. The van der Waals surface area contributed by atoms with Crippen LogP contribution in [-0.2, 0) is 18.0 Å². The van der Waals surface area contributed by atoms with E-state index in [9.17, 15) is 9.18 Å². The SMILES string of the molecule is CCC(=O)N1CCN(Cc2ccc(CF)cc2)CC1. The summed E-state index contributed by atoms with van der Waals surface area (Å²) < 4.78 is 12.4. The fraction of sp³-hybridized carbons (Fsp3) is 0.533. The van der Waals surface area contributed by atoms with Crippen molar-refractivity contribution in [3.63, 3.8) is 0 Å². The molecule has 1 aliphatic rings. The zero-order valence-electron chi connectivity index (χ0n) is 11.4. The minimum absolute atomic E-state index is 0.243. The summed E-state index contributed by atoms with van der Waals surface area (Å²) in [6, 6.07) is 7.65. The minimum atomic E-state index is -0.405. The monoisotopic (exact) mass is 264 g/mol. The number of halogens is 1. The van der Waals surface area contributed by atoms with Gasteiger partial charge in [-0.1, -0.05) is 31.2 Å². The van der Waals surface area contributed by atoms with Crippen LogP contribution in [0.25, 0.3) is 0 Å². The lowest BCUT2D eigenvalue weighted by atomic mass is 10.1. The molecule has 1 aromatic rings. The fourth-order valence-corrected chi connectivity index (χ4v) is 2.37. The molecule has 0 unspecified atom stereocenters. The molecular weight excluding hydrogens is 243 g/mol. The largest absolute Gasteiger partial charge is 0.340 e. The van der Waals surface area contributed by atoms with Gasteiger partial charge in [-0.05, 0) is 11.1 Å². The first-order chi connectivity index (χ1) is 9.22. The molecule has 1 aromatic carbocycles. The van der Waals surface area contributed by atoms with Gasteiger partial charge in [-0.2, -0.15) is 0 Å². The van der Waals surface area contributed by atoms with Crippen molar-refractivity contribution in [1.29, 1.82) is 0 Å². The van der Waals surface area contributed by atoms with Gasteiger partial charge in [0.2, 0.25) is 5.91 Å². The van der Waals surface area contributed by atoms with Crippen LogP contribution in [-0.4, -0.2) is 41.9 Å². The highest BCUT2D eigenvalue weighted by atomic mass is 19.1. The molecular formula is C15H21FN2O. The van der Waals surface area contributed by atoms with E-state index < -0.39 is 6.67 Å². The third-order valence-corrected chi connectivity index (χ3v) is 3.61. The number of carbonyl (C=O) groups excluding carboxylic acids is 1. The lowest BCUT2D eigenvalue weighted by Gasteiger charge is -2.34. The molecule has 19 heavy (non-hydrogen) atoms. The normalized spacial score (nSPS) is 16.6. The second-order valence-corrected chi connectivity index (χ2v) is 4.96. The summed E-state index contributed by atoms with van der Waals surface area (Å²) in [7, 11) is 0. The van der Waals surface area contributed by atoms with Crippen molar-refractivity contribution in [3.05, 3.63) is 35.4 Å². The lowest BCUT2D eigenvalue weighted by Crippen LogP contribution is -2.48. The number of alkyl halides is 1.